The van der Waals surface area contributed by atoms with Crippen LogP contribution in [0.15, 0.2) is 24.3 Å². The number of alkyl halides is 9. The van der Waals surface area contributed by atoms with Crippen LogP contribution in [0.2, 0.25) is 0 Å². The van der Waals surface area contributed by atoms with Gasteiger partial charge >= 0.3 is 18.5 Å². The van der Waals surface area contributed by atoms with E-state index in [0.29, 0.717) is 6.92 Å². The largest absolute Gasteiger partial charge is 0.416 e. The molecular weight excluding hydrogens is 371 g/mol. The molecule has 2 atom stereocenters. The third-order valence-corrected chi connectivity index (χ3v) is 4.38. The van der Waals surface area contributed by atoms with Crippen LogP contribution in [0.1, 0.15) is 18.1 Å². The molecule has 25 heavy (non-hydrogen) atoms. The number of hydrogen-bond donors (Lipinski definition) is 1. The van der Waals surface area contributed by atoms with Crippen molar-refractivity contribution in [1.82, 2.24) is 0 Å². The van der Waals surface area contributed by atoms with E-state index >= 15 is 0 Å². The number of halogens is 9. The highest BCUT2D eigenvalue weighted by Crippen LogP contribution is 2.72. The van der Waals surface area contributed by atoms with Crippen LogP contribution in [0.5, 0.6) is 0 Å². The van der Waals surface area contributed by atoms with E-state index in [2.05, 4.69) is 4.74 Å². The van der Waals surface area contributed by atoms with Gasteiger partial charge in [-0.2, -0.15) is 39.5 Å². The zero-order chi connectivity index (χ0) is 19.5. The molecule has 1 N–H and O–H groups in total. The summed E-state index contributed by atoms with van der Waals surface area (Å²) >= 11 is 0. The van der Waals surface area contributed by atoms with E-state index in [0.717, 1.165) is 24.3 Å². The van der Waals surface area contributed by atoms with Gasteiger partial charge in [0.1, 0.15) is 5.60 Å². The molecule has 2 rings (SSSR count). The maximum atomic E-state index is 13.4. The summed E-state index contributed by atoms with van der Waals surface area (Å²) in [7, 11) is 0. The fraction of sp³-hybridized carbons (Fsp3) is 0.571. The Bertz CT molecular complexity index is 616. The highest BCUT2D eigenvalue weighted by atomic mass is 19.4. The predicted octanol–water partition coefficient (Wildman–Crippen LogP) is 4.47. The van der Waals surface area contributed by atoms with Crippen LogP contribution in [0.3, 0.4) is 0 Å². The number of ether oxygens (including phenoxy) is 1. The van der Waals surface area contributed by atoms with Crippen LogP contribution < -0.4 is 0 Å². The molecule has 2 unspecified atom stereocenters. The Morgan fingerprint density at radius 1 is 0.920 bits per heavy atom. The van der Waals surface area contributed by atoms with Crippen LogP contribution in [0.4, 0.5) is 39.5 Å². The second-order valence-corrected chi connectivity index (χ2v) is 5.73. The lowest BCUT2D eigenvalue weighted by Gasteiger charge is -2.62. The van der Waals surface area contributed by atoms with Gasteiger partial charge in [-0.3, -0.25) is 0 Å². The van der Waals surface area contributed by atoms with Crippen LogP contribution in [0.25, 0.3) is 0 Å². The first-order chi connectivity index (χ1) is 11.1. The molecule has 142 valence electrons. The van der Waals surface area contributed by atoms with E-state index in [1.807, 2.05) is 0 Å². The summed E-state index contributed by atoms with van der Waals surface area (Å²) in [5.74, 6) is 0. The van der Waals surface area contributed by atoms with E-state index in [4.69, 9.17) is 5.11 Å². The molecule has 0 aliphatic carbocycles. The molecular formula is C14H11F9O2. The maximum absolute atomic E-state index is 13.4. The minimum atomic E-state index is -6.28. The molecule has 11 heteroatoms. The van der Waals surface area contributed by atoms with Gasteiger partial charge in [0.05, 0.1) is 6.61 Å². The molecule has 0 radical (unpaired) electrons. The minimum Gasteiger partial charge on any atom is -0.392 e. The van der Waals surface area contributed by atoms with Gasteiger partial charge in [-0.05, 0) is 18.1 Å². The number of aliphatic hydroxyl groups is 1. The molecule has 0 spiro atoms. The second-order valence-electron chi connectivity index (χ2n) is 5.73. The molecule has 0 aromatic heterocycles. The molecule has 0 saturated carbocycles. The Balaban J connectivity index is 2.72. The first-order valence-corrected chi connectivity index (χ1v) is 6.71. The number of aliphatic hydroxyl groups excluding tert-OH is 1. The topological polar surface area (TPSA) is 29.5 Å². The van der Waals surface area contributed by atoms with Crippen molar-refractivity contribution in [3.8, 4) is 0 Å². The molecule has 0 bridgehead atoms. The van der Waals surface area contributed by atoms with Gasteiger partial charge in [0.15, 0.2) is 6.10 Å². The van der Waals surface area contributed by atoms with E-state index in [1.54, 1.807) is 0 Å². The SMILES string of the molecule is CC1(c2ccc(CO)cc2)OC(C(F)(F)F)C1(C(F)(F)F)C(F)(F)F. The second kappa shape index (κ2) is 5.50. The van der Waals surface area contributed by atoms with Gasteiger partial charge in [-0.15, -0.1) is 0 Å². The molecule has 0 amide bonds. The van der Waals surface area contributed by atoms with E-state index in [1.165, 1.54) is 0 Å². The van der Waals surface area contributed by atoms with Gasteiger partial charge in [-0.25, -0.2) is 0 Å². The molecule has 1 aliphatic rings. The lowest BCUT2D eigenvalue weighted by atomic mass is 9.59. The molecule has 1 aromatic carbocycles. The minimum absolute atomic E-state index is 0.156. The Kier molecular flexibility index (Phi) is 4.36. The lowest BCUT2D eigenvalue weighted by molar-refractivity contribution is -0.525. The first-order valence-electron chi connectivity index (χ1n) is 6.71. The van der Waals surface area contributed by atoms with E-state index < -0.39 is 47.8 Å². The Hall–Kier alpha value is -1.49. The van der Waals surface area contributed by atoms with Gasteiger partial charge < -0.3 is 9.84 Å². The molecule has 1 saturated heterocycles. The summed E-state index contributed by atoms with van der Waals surface area (Å²) in [6.45, 7) is -0.225. The molecule has 1 aliphatic heterocycles. The van der Waals surface area contributed by atoms with Crippen LogP contribution in [-0.2, 0) is 16.9 Å². The van der Waals surface area contributed by atoms with Crippen molar-refractivity contribution < 1.29 is 49.4 Å². The fourth-order valence-electron chi connectivity index (χ4n) is 3.14. The van der Waals surface area contributed by atoms with Gasteiger partial charge in [0, 0.05) is 0 Å². The van der Waals surface area contributed by atoms with Crippen molar-refractivity contribution in [2.45, 2.75) is 43.8 Å². The van der Waals surface area contributed by atoms with Crippen LogP contribution in [-0.4, -0.2) is 29.7 Å². The maximum Gasteiger partial charge on any atom is 0.416 e. The van der Waals surface area contributed by atoms with Crippen molar-refractivity contribution in [3.05, 3.63) is 35.4 Å². The monoisotopic (exact) mass is 382 g/mol. The predicted molar refractivity (Wildman–Crippen MR) is 65.2 cm³/mol. The smallest absolute Gasteiger partial charge is 0.392 e. The lowest BCUT2D eigenvalue weighted by Crippen LogP contribution is -2.80. The van der Waals surface area contributed by atoms with Gasteiger partial charge in [0.2, 0.25) is 5.41 Å². The normalized spacial score (nSPS) is 27.1. The quantitative estimate of drug-likeness (QED) is 0.766. The van der Waals surface area contributed by atoms with Crippen LogP contribution in [0, 0.1) is 5.41 Å². The third kappa shape index (κ3) is 2.59. The summed E-state index contributed by atoms with van der Waals surface area (Å²) in [5.41, 5.74) is -9.08. The first kappa shape index (κ1) is 19.8. The summed E-state index contributed by atoms with van der Waals surface area (Å²) in [6, 6.07) is 3.54. The number of hydrogen-bond acceptors (Lipinski definition) is 2. The highest BCUT2D eigenvalue weighted by Gasteiger charge is 2.92. The average Bonchev–Trinajstić information content (AvgIpc) is 2.40. The van der Waals surface area contributed by atoms with Crippen molar-refractivity contribution in [2.75, 3.05) is 0 Å². The summed E-state index contributed by atoms with van der Waals surface area (Å²) in [4.78, 5) is 0. The standard InChI is InChI=1S/C14H11F9O2/c1-10(8-4-2-7(6-24)3-5-8)11(13(18,19)20,14(21,22)23)9(25-10)12(15,16)17/h2-5,9,24H,6H2,1H3. The molecule has 2 nitrogen and oxygen atoms in total. The van der Waals surface area contributed by atoms with E-state index in [-0.39, 0.29) is 5.56 Å². The molecule has 1 heterocycles. The molecule has 1 fully saturated rings. The highest BCUT2D eigenvalue weighted by molar-refractivity contribution is 5.35. The third-order valence-electron chi connectivity index (χ3n) is 4.38. The summed E-state index contributed by atoms with van der Waals surface area (Å²) in [5, 5.41) is 8.87. The van der Waals surface area contributed by atoms with Gasteiger partial charge in [0.25, 0.3) is 0 Å². The van der Waals surface area contributed by atoms with Crippen molar-refractivity contribution in [2.24, 2.45) is 5.41 Å². The fourth-order valence-corrected chi connectivity index (χ4v) is 3.14. The zero-order valence-electron chi connectivity index (χ0n) is 12.4. The van der Waals surface area contributed by atoms with Crippen molar-refractivity contribution in [3.63, 3.8) is 0 Å². The number of rotatable bonds is 2. The Morgan fingerprint density at radius 3 is 1.68 bits per heavy atom. The summed E-state index contributed by atoms with van der Waals surface area (Å²) < 4.78 is 123. The Labute approximate surface area is 135 Å². The van der Waals surface area contributed by atoms with Crippen LogP contribution >= 0.6 is 0 Å². The van der Waals surface area contributed by atoms with Gasteiger partial charge in [-0.1, -0.05) is 24.3 Å². The summed E-state index contributed by atoms with van der Waals surface area (Å²) in [6.07, 6.45) is -22.5. The Morgan fingerprint density at radius 2 is 1.36 bits per heavy atom. The van der Waals surface area contributed by atoms with Crippen molar-refractivity contribution >= 4 is 0 Å². The molecule has 1 aromatic rings. The number of benzene rings is 1. The van der Waals surface area contributed by atoms with Crippen molar-refractivity contribution in [1.29, 1.82) is 0 Å². The van der Waals surface area contributed by atoms with E-state index in [9.17, 15) is 39.5 Å². The average molecular weight is 382 g/mol. The zero-order valence-corrected chi connectivity index (χ0v) is 12.4.